The normalized spacial score (nSPS) is 19.6. The molecule has 5 heteroatoms. The zero-order chi connectivity index (χ0) is 9.54. The second-order valence-electron chi connectivity index (χ2n) is 3.18. The van der Waals surface area contributed by atoms with Gasteiger partial charge in [0.05, 0.1) is 11.8 Å². The SMILES string of the molecule is O=C1COC2=C(CCc3sncc32)O1. The Bertz CT molecular complexity index is 435. The second kappa shape index (κ2) is 2.81. The molecule has 0 unspecified atom stereocenters. The molecule has 2 aliphatic rings. The Hall–Kier alpha value is -1.36. The fourth-order valence-corrected chi connectivity index (χ4v) is 2.40. The van der Waals surface area contributed by atoms with Crippen molar-refractivity contribution in [3.63, 3.8) is 0 Å². The van der Waals surface area contributed by atoms with Crippen LogP contribution in [0.25, 0.3) is 5.76 Å². The van der Waals surface area contributed by atoms with Gasteiger partial charge >= 0.3 is 5.97 Å². The Balaban J connectivity index is 2.10. The molecule has 0 bridgehead atoms. The maximum absolute atomic E-state index is 11.0. The van der Waals surface area contributed by atoms with Gasteiger partial charge in [-0.2, -0.15) is 0 Å². The van der Waals surface area contributed by atoms with E-state index in [2.05, 4.69) is 4.37 Å². The van der Waals surface area contributed by atoms with E-state index in [0.717, 1.165) is 18.4 Å². The molecule has 0 aromatic carbocycles. The molecular weight excluding hydrogens is 202 g/mol. The highest BCUT2D eigenvalue weighted by atomic mass is 32.1. The van der Waals surface area contributed by atoms with Crippen LogP contribution >= 0.6 is 11.5 Å². The van der Waals surface area contributed by atoms with Crippen LogP contribution in [0.2, 0.25) is 0 Å². The van der Waals surface area contributed by atoms with E-state index in [0.29, 0.717) is 11.5 Å². The fraction of sp³-hybridized carbons (Fsp3) is 0.333. The molecule has 0 saturated heterocycles. The number of hydrogen-bond donors (Lipinski definition) is 0. The van der Waals surface area contributed by atoms with Crippen LogP contribution in [0, 0.1) is 0 Å². The first-order chi connectivity index (χ1) is 6.84. The first kappa shape index (κ1) is 7.99. The molecule has 2 heterocycles. The van der Waals surface area contributed by atoms with E-state index in [1.54, 1.807) is 6.20 Å². The molecule has 14 heavy (non-hydrogen) atoms. The Morgan fingerprint density at radius 3 is 3.29 bits per heavy atom. The molecule has 0 atom stereocenters. The number of rotatable bonds is 0. The van der Waals surface area contributed by atoms with Crippen LogP contribution in [0.1, 0.15) is 16.9 Å². The monoisotopic (exact) mass is 209 g/mol. The van der Waals surface area contributed by atoms with Gasteiger partial charge in [0.1, 0.15) is 0 Å². The average molecular weight is 209 g/mol. The summed E-state index contributed by atoms with van der Waals surface area (Å²) in [6, 6.07) is 0. The van der Waals surface area contributed by atoms with E-state index in [9.17, 15) is 4.79 Å². The summed E-state index contributed by atoms with van der Waals surface area (Å²) in [4.78, 5) is 12.2. The first-order valence-electron chi connectivity index (χ1n) is 4.35. The number of allylic oxidation sites excluding steroid dienone is 1. The van der Waals surface area contributed by atoms with Gasteiger partial charge in [0, 0.05) is 11.3 Å². The summed E-state index contributed by atoms with van der Waals surface area (Å²) in [6.45, 7) is 0.00806. The van der Waals surface area contributed by atoms with Crippen molar-refractivity contribution in [2.24, 2.45) is 0 Å². The largest absolute Gasteiger partial charge is 0.478 e. The van der Waals surface area contributed by atoms with Gasteiger partial charge in [0.15, 0.2) is 18.1 Å². The van der Waals surface area contributed by atoms with E-state index in [-0.39, 0.29) is 12.6 Å². The number of nitrogens with zero attached hydrogens (tertiary/aromatic N) is 1. The van der Waals surface area contributed by atoms with E-state index in [1.165, 1.54) is 16.4 Å². The summed E-state index contributed by atoms with van der Waals surface area (Å²) in [7, 11) is 0. The summed E-state index contributed by atoms with van der Waals surface area (Å²) >= 11 is 1.48. The quantitative estimate of drug-likeness (QED) is 0.605. The van der Waals surface area contributed by atoms with Crippen LogP contribution in [-0.2, 0) is 20.7 Å². The number of aryl methyl sites for hydroxylation is 1. The van der Waals surface area contributed by atoms with Crippen molar-refractivity contribution in [3.05, 3.63) is 22.4 Å². The highest BCUT2D eigenvalue weighted by Crippen LogP contribution is 2.36. The van der Waals surface area contributed by atoms with Gasteiger partial charge in [0.2, 0.25) is 0 Å². The minimum absolute atomic E-state index is 0.00806. The zero-order valence-corrected chi connectivity index (χ0v) is 8.10. The molecule has 3 rings (SSSR count). The molecule has 0 fully saturated rings. The predicted octanol–water partition coefficient (Wildman–Crippen LogP) is 1.33. The summed E-state index contributed by atoms with van der Waals surface area (Å²) < 4.78 is 14.6. The third kappa shape index (κ3) is 1.05. The van der Waals surface area contributed by atoms with Crippen LogP contribution in [0.5, 0.6) is 0 Å². The van der Waals surface area contributed by atoms with Crippen LogP contribution in [0.3, 0.4) is 0 Å². The molecule has 0 amide bonds. The maximum Gasteiger partial charge on any atom is 0.349 e. The van der Waals surface area contributed by atoms with Crippen molar-refractivity contribution in [2.45, 2.75) is 12.8 Å². The lowest BCUT2D eigenvalue weighted by molar-refractivity contribution is -0.145. The molecule has 0 saturated carbocycles. The van der Waals surface area contributed by atoms with Gasteiger partial charge in [-0.25, -0.2) is 9.17 Å². The lowest BCUT2D eigenvalue weighted by Gasteiger charge is -2.23. The van der Waals surface area contributed by atoms with Gasteiger partial charge in [0.25, 0.3) is 0 Å². The standard InChI is InChI=1S/C9H7NO3S/c11-8-4-12-9-5-3-10-14-7(5)2-1-6(9)13-8/h3H,1-2,4H2. The molecule has 0 radical (unpaired) electrons. The summed E-state index contributed by atoms with van der Waals surface area (Å²) in [5, 5.41) is 0. The number of hydrogen-bond acceptors (Lipinski definition) is 5. The molecular formula is C9H7NO3S. The third-order valence-electron chi connectivity index (χ3n) is 2.29. The predicted molar refractivity (Wildman–Crippen MR) is 49.4 cm³/mol. The maximum atomic E-state index is 11.0. The highest BCUT2D eigenvalue weighted by molar-refractivity contribution is 7.06. The number of aromatic nitrogens is 1. The lowest BCUT2D eigenvalue weighted by Crippen LogP contribution is -2.21. The van der Waals surface area contributed by atoms with Gasteiger partial charge in [-0.3, -0.25) is 0 Å². The van der Waals surface area contributed by atoms with Crippen molar-refractivity contribution in [2.75, 3.05) is 6.61 Å². The Morgan fingerprint density at radius 1 is 1.43 bits per heavy atom. The van der Waals surface area contributed by atoms with E-state index in [4.69, 9.17) is 9.47 Å². The number of carbonyl (C=O) groups is 1. The molecule has 72 valence electrons. The Kier molecular flexibility index (Phi) is 1.61. The van der Waals surface area contributed by atoms with Crippen LogP contribution in [-0.4, -0.2) is 16.9 Å². The lowest BCUT2D eigenvalue weighted by atomic mass is 10.0. The summed E-state index contributed by atoms with van der Waals surface area (Å²) in [5.41, 5.74) is 0.990. The molecule has 0 N–H and O–H groups in total. The molecule has 1 aromatic rings. The van der Waals surface area contributed by atoms with Gasteiger partial charge < -0.3 is 9.47 Å². The number of ether oxygens (including phenoxy) is 2. The molecule has 1 aliphatic heterocycles. The van der Waals surface area contributed by atoms with Crippen LogP contribution in [0.4, 0.5) is 0 Å². The van der Waals surface area contributed by atoms with Gasteiger partial charge in [-0.05, 0) is 18.0 Å². The van der Waals surface area contributed by atoms with Crippen LogP contribution < -0.4 is 0 Å². The average Bonchev–Trinajstić information content (AvgIpc) is 2.65. The minimum Gasteiger partial charge on any atom is -0.478 e. The highest BCUT2D eigenvalue weighted by Gasteiger charge is 2.29. The van der Waals surface area contributed by atoms with E-state index < -0.39 is 0 Å². The molecule has 4 nitrogen and oxygen atoms in total. The Morgan fingerprint density at radius 2 is 2.36 bits per heavy atom. The van der Waals surface area contributed by atoms with Crippen molar-refractivity contribution >= 4 is 23.3 Å². The minimum atomic E-state index is -0.310. The van der Waals surface area contributed by atoms with Crippen molar-refractivity contribution in [1.29, 1.82) is 0 Å². The smallest absolute Gasteiger partial charge is 0.349 e. The van der Waals surface area contributed by atoms with Crippen LogP contribution in [0.15, 0.2) is 12.0 Å². The first-order valence-corrected chi connectivity index (χ1v) is 5.12. The number of fused-ring (bicyclic) bond motifs is 2. The summed E-state index contributed by atoms with van der Waals surface area (Å²) in [6.07, 6.45) is 3.39. The van der Waals surface area contributed by atoms with Crippen molar-refractivity contribution < 1.29 is 14.3 Å². The van der Waals surface area contributed by atoms with Crippen molar-refractivity contribution in [1.82, 2.24) is 4.37 Å². The van der Waals surface area contributed by atoms with E-state index in [1.807, 2.05) is 0 Å². The third-order valence-corrected chi connectivity index (χ3v) is 3.15. The fourth-order valence-electron chi connectivity index (χ4n) is 1.67. The molecule has 1 aromatic heterocycles. The second-order valence-corrected chi connectivity index (χ2v) is 4.06. The molecule has 1 aliphatic carbocycles. The van der Waals surface area contributed by atoms with E-state index >= 15 is 0 Å². The Labute approximate surface area is 84.3 Å². The summed E-state index contributed by atoms with van der Waals surface area (Å²) in [5.74, 6) is 1.06. The number of carbonyl (C=O) groups excluding carboxylic acids is 1. The topological polar surface area (TPSA) is 48.4 Å². The van der Waals surface area contributed by atoms with Gasteiger partial charge in [-0.1, -0.05) is 0 Å². The zero-order valence-electron chi connectivity index (χ0n) is 7.28. The number of esters is 1. The van der Waals surface area contributed by atoms with Gasteiger partial charge in [-0.15, -0.1) is 0 Å². The van der Waals surface area contributed by atoms with Crippen molar-refractivity contribution in [3.8, 4) is 0 Å². The molecule has 0 spiro atoms.